The van der Waals surface area contributed by atoms with E-state index in [9.17, 15) is 13.2 Å². The van der Waals surface area contributed by atoms with Crippen LogP contribution in [0, 0.1) is 0 Å². The maximum absolute atomic E-state index is 13.0. The molecule has 4 rings (SSSR count). The molecule has 0 spiro atoms. The SMILES string of the molecule is COc1ccc(NS(=O)(=O)c2ccc(N3CCCC3=O)cc2)cc1N1CC(C)NC(C)C1. The zero-order valence-electron chi connectivity index (χ0n) is 18.7. The summed E-state index contributed by atoms with van der Waals surface area (Å²) < 4.78 is 34.2. The number of benzene rings is 2. The topological polar surface area (TPSA) is 91.0 Å². The second kappa shape index (κ2) is 8.99. The molecular weight excluding hydrogens is 428 g/mol. The molecule has 2 atom stereocenters. The number of rotatable bonds is 6. The van der Waals surface area contributed by atoms with Crippen LogP contribution in [0.2, 0.25) is 0 Å². The van der Waals surface area contributed by atoms with Crippen molar-refractivity contribution in [2.45, 2.75) is 43.7 Å². The van der Waals surface area contributed by atoms with Crippen molar-refractivity contribution in [3.8, 4) is 5.75 Å². The third kappa shape index (κ3) is 4.68. The third-order valence-corrected chi connectivity index (χ3v) is 7.26. The van der Waals surface area contributed by atoms with Crippen molar-refractivity contribution in [3.05, 3.63) is 42.5 Å². The molecule has 2 N–H and O–H groups in total. The standard InChI is InChI=1S/C23H30N4O4S/c1-16-14-26(15-17(2)24-16)21-13-18(6-11-22(21)31-3)25-32(29,30)20-9-7-19(8-10-20)27-12-4-5-23(27)28/h6-11,13,16-17,24-25H,4-5,12,14-15H2,1-3H3. The van der Waals surface area contributed by atoms with Gasteiger partial charge in [0.05, 0.1) is 23.4 Å². The van der Waals surface area contributed by atoms with Gasteiger partial charge >= 0.3 is 0 Å². The first-order valence-electron chi connectivity index (χ1n) is 10.9. The summed E-state index contributed by atoms with van der Waals surface area (Å²) in [6.07, 6.45) is 1.36. The number of hydrogen-bond acceptors (Lipinski definition) is 6. The predicted molar refractivity (Wildman–Crippen MR) is 126 cm³/mol. The van der Waals surface area contributed by atoms with Crippen LogP contribution in [0.15, 0.2) is 47.4 Å². The van der Waals surface area contributed by atoms with Gasteiger partial charge in [-0.2, -0.15) is 0 Å². The van der Waals surface area contributed by atoms with Crippen LogP contribution >= 0.6 is 0 Å². The highest BCUT2D eigenvalue weighted by Gasteiger charge is 2.25. The molecule has 9 heteroatoms. The third-order valence-electron chi connectivity index (χ3n) is 5.86. The van der Waals surface area contributed by atoms with E-state index in [0.717, 1.165) is 30.9 Å². The molecule has 2 aliphatic rings. The van der Waals surface area contributed by atoms with Crippen LogP contribution in [0.5, 0.6) is 5.75 Å². The Balaban J connectivity index is 1.55. The summed E-state index contributed by atoms with van der Waals surface area (Å²) in [6, 6.07) is 12.4. The zero-order chi connectivity index (χ0) is 22.9. The molecule has 8 nitrogen and oxygen atoms in total. The lowest BCUT2D eigenvalue weighted by Crippen LogP contribution is -2.54. The lowest BCUT2D eigenvalue weighted by molar-refractivity contribution is -0.117. The zero-order valence-corrected chi connectivity index (χ0v) is 19.5. The molecule has 2 unspecified atom stereocenters. The molecule has 2 heterocycles. The normalized spacial score (nSPS) is 21.7. The Bertz CT molecular complexity index is 1080. The van der Waals surface area contributed by atoms with E-state index in [0.29, 0.717) is 36.5 Å². The number of piperazine rings is 1. The second-order valence-electron chi connectivity index (χ2n) is 8.51. The van der Waals surface area contributed by atoms with Gasteiger partial charge in [0, 0.05) is 43.8 Å². The number of methoxy groups -OCH3 is 1. The predicted octanol–water partition coefficient (Wildman–Crippen LogP) is 2.81. The highest BCUT2D eigenvalue weighted by atomic mass is 32.2. The number of nitrogens with one attached hydrogen (secondary N) is 2. The Labute approximate surface area is 189 Å². The smallest absolute Gasteiger partial charge is 0.261 e. The van der Waals surface area contributed by atoms with E-state index in [1.54, 1.807) is 36.3 Å². The lowest BCUT2D eigenvalue weighted by atomic mass is 10.1. The fourth-order valence-electron chi connectivity index (χ4n) is 4.46. The summed E-state index contributed by atoms with van der Waals surface area (Å²) in [5.74, 6) is 0.773. The fourth-order valence-corrected chi connectivity index (χ4v) is 5.51. The largest absolute Gasteiger partial charge is 0.495 e. The first-order chi connectivity index (χ1) is 15.3. The van der Waals surface area contributed by atoms with Gasteiger partial charge in [0.25, 0.3) is 10.0 Å². The van der Waals surface area contributed by atoms with Gasteiger partial charge in [0.15, 0.2) is 0 Å². The molecule has 2 saturated heterocycles. The number of hydrogen-bond donors (Lipinski definition) is 2. The van der Waals surface area contributed by atoms with Crippen LogP contribution in [-0.2, 0) is 14.8 Å². The minimum Gasteiger partial charge on any atom is -0.495 e. The molecule has 172 valence electrons. The van der Waals surface area contributed by atoms with E-state index in [4.69, 9.17) is 4.74 Å². The van der Waals surface area contributed by atoms with Gasteiger partial charge in [0.1, 0.15) is 5.75 Å². The number of ether oxygens (including phenoxy) is 1. The minimum absolute atomic E-state index is 0.0704. The van der Waals surface area contributed by atoms with Crippen molar-refractivity contribution in [2.24, 2.45) is 0 Å². The molecule has 2 aromatic carbocycles. The van der Waals surface area contributed by atoms with Gasteiger partial charge in [-0.15, -0.1) is 0 Å². The van der Waals surface area contributed by atoms with Crippen molar-refractivity contribution in [1.29, 1.82) is 0 Å². The van der Waals surface area contributed by atoms with E-state index >= 15 is 0 Å². The molecule has 32 heavy (non-hydrogen) atoms. The Kier molecular flexibility index (Phi) is 6.30. The van der Waals surface area contributed by atoms with Gasteiger partial charge in [-0.05, 0) is 62.7 Å². The summed E-state index contributed by atoms with van der Waals surface area (Å²) in [7, 11) is -2.17. The van der Waals surface area contributed by atoms with E-state index in [1.807, 2.05) is 6.07 Å². The van der Waals surface area contributed by atoms with Crippen LogP contribution in [0.25, 0.3) is 0 Å². The summed E-state index contributed by atoms with van der Waals surface area (Å²) in [4.78, 5) is 16.0. The molecular formula is C23H30N4O4S. The monoisotopic (exact) mass is 458 g/mol. The number of nitrogens with zero attached hydrogens (tertiary/aromatic N) is 2. The number of carbonyl (C=O) groups excluding carboxylic acids is 1. The van der Waals surface area contributed by atoms with E-state index in [1.165, 1.54) is 12.1 Å². The number of carbonyl (C=O) groups is 1. The lowest BCUT2D eigenvalue weighted by Gasteiger charge is -2.38. The van der Waals surface area contributed by atoms with Crippen molar-refractivity contribution in [1.82, 2.24) is 5.32 Å². The number of amides is 1. The number of sulfonamides is 1. The quantitative estimate of drug-likeness (QED) is 0.692. The molecule has 0 radical (unpaired) electrons. The average molecular weight is 459 g/mol. The summed E-state index contributed by atoms with van der Waals surface area (Å²) in [6.45, 7) is 6.52. The fraction of sp³-hybridized carbons (Fsp3) is 0.435. The maximum atomic E-state index is 13.0. The van der Waals surface area contributed by atoms with Crippen molar-refractivity contribution >= 4 is 33.0 Å². The molecule has 2 fully saturated rings. The van der Waals surface area contributed by atoms with Crippen molar-refractivity contribution in [3.63, 3.8) is 0 Å². The summed E-state index contributed by atoms with van der Waals surface area (Å²) in [5, 5.41) is 3.50. The Hall–Kier alpha value is -2.78. The average Bonchev–Trinajstić information content (AvgIpc) is 3.18. The van der Waals surface area contributed by atoms with Gasteiger partial charge in [-0.1, -0.05) is 0 Å². The van der Waals surface area contributed by atoms with Crippen LogP contribution in [-0.4, -0.2) is 53.2 Å². The second-order valence-corrected chi connectivity index (χ2v) is 10.2. The van der Waals surface area contributed by atoms with Crippen molar-refractivity contribution in [2.75, 3.05) is 41.3 Å². The van der Waals surface area contributed by atoms with E-state index in [2.05, 4.69) is 28.8 Å². The molecule has 2 aromatic rings. The van der Waals surface area contributed by atoms with E-state index < -0.39 is 10.0 Å². The molecule has 2 aliphatic heterocycles. The summed E-state index contributed by atoms with van der Waals surface area (Å²) in [5.41, 5.74) is 2.05. The molecule has 0 aliphatic carbocycles. The number of anilines is 3. The maximum Gasteiger partial charge on any atom is 0.261 e. The van der Waals surface area contributed by atoms with Crippen LogP contribution < -0.4 is 24.6 Å². The Morgan fingerprint density at radius 1 is 1.06 bits per heavy atom. The highest BCUT2D eigenvalue weighted by molar-refractivity contribution is 7.92. The van der Waals surface area contributed by atoms with Crippen LogP contribution in [0.1, 0.15) is 26.7 Å². The molecule has 0 aromatic heterocycles. The first-order valence-corrected chi connectivity index (χ1v) is 12.4. The van der Waals surface area contributed by atoms with Gasteiger partial charge in [0.2, 0.25) is 5.91 Å². The molecule has 1 amide bonds. The highest BCUT2D eigenvalue weighted by Crippen LogP contribution is 2.33. The molecule has 0 bridgehead atoms. The summed E-state index contributed by atoms with van der Waals surface area (Å²) >= 11 is 0. The van der Waals surface area contributed by atoms with Gasteiger partial charge in [-0.3, -0.25) is 9.52 Å². The van der Waals surface area contributed by atoms with Gasteiger partial charge < -0.3 is 19.9 Å². The van der Waals surface area contributed by atoms with Crippen LogP contribution in [0.3, 0.4) is 0 Å². The minimum atomic E-state index is -3.78. The van der Waals surface area contributed by atoms with Crippen molar-refractivity contribution < 1.29 is 17.9 Å². The van der Waals surface area contributed by atoms with E-state index in [-0.39, 0.29) is 10.8 Å². The van der Waals surface area contributed by atoms with Gasteiger partial charge in [-0.25, -0.2) is 8.42 Å². The van der Waals surface area contributed by atoms with Crippen LogP contribution in [0.4, 0.5) is 17.1 Å². The Morgan fingerprint density at radius 2 is 1.75 bits per heavy atom. The molecule has 0 saturated carbocycles. The Morgan fingerprint density at radius 3 is 2.34 bits per heavy atom. The first kappa shape index (κ1) is 22.4.